The van der Waals surface area contributed by atoms with Crippen LogP contribution in [0.25, 0.3) is 0 Å². The minimum atomic E-state index is -1.33. The van der Waals surface area contributed by atoms with E-state index in [1.165, 1.54) is 7.11 Å². The van der Waals surface area contributed by atoms with Crippen LogP contribution < -0.4 is 0 Å². The normalized spacial score (nSPS) is 30.3. The molecule has 2 fully saturated rings. The van der Waals surface area contributed by atoms with Crippen LogP contribution in [0.5, 0.6) is 0 Å². The predicted molar refractivity (Wildman–Crippen MR) is 80.6 cm³/mol. The second-order valence-corrected chi connectivity index (χ2v) is 7.06. The molecule has 23 heavy (non-hydrogen) atoms. The minimum Gasteiger partial charge on any atom is -0.468 e. The van der Waals surface area contributed by atoms with Gasteiger partial charge in [-0.25, -0.2) is 0 Å². The van der Waals surface area contributed by atoms with Crippen molar-refractivity contribution < 1.29 is 28.7 Å². The lowest BCUT2D eigenvalue weighted by atomic mass is 9.63. The first-order valence-corrected chi connectivity index (χ1v) is 8.06. The fourth-order valence-electron chi connectivity index (χ4n) is 3.57. The van der Waals surface area contributed by atoms with E-state index in [-0.39, 0.29) is 18.9 Å². The summed E-state index contributed by atoms with van der Waals surface area (Å²) in [4.78, 5) is 49.2. The monoisotopic (exact) mass is 324 g/mol. The summed E-state index contributed by atoms with van der Waals surface area (Å²) < 4.78 is 10.2. The summed E-state index contributed by atoms with van der Waals surface area (Å²) in [5.41, 5.74) is -0.827. The largest absolute Gasteiger partial charge is 0.468 e. The third kappa shape index (κ3) is 3.68. The number of carbonyl (C=O) groups excluding carboxylic acids is 4. The topological polar surface area (TPSA) is 86.7 Å². The fourth-order valence-corrected chi connectivity index (χ4v) is 3.57. The number of esters is 1. The maximum Gasteiger partial charge on any atom is 0.316 e. The molecule has 1 heterocycles. The molecular weight excluding hydrogens is 300 g/mol. The van der Waals surface area contributed by atoms with Gasteiger partial charge in [0, 0.05) is 19.4 Å². The van der Waals surface area contributed by atoms with E-state index in [1.54, 1.807) is 13.8 Å². The smallest absolute Gasteiger partial charge is 0.316 e. The fraction of sp³-hybridized carbons (Fsp3) is 0.765. The molecule has 1 aliphatic heterocycles. The van der Waals surface area contributed by atoms with Crippen molar-refractivity contribution in [3.63, 3.8) is 0 Å². The Kier molecular flexibility index (Phi) is 5.34. The molecule has 0 unspecified atom stereocenters. The van der Waals surface area contributed by atoms with E-state index in [2.05, 4.69) is 0 Å². The summed E-state index contributed by atoms with van der Waals surface area (Å²) in [6.07, 6.45) is 2.56. The number of ketones is 3. The molecule has 0 bridgehead atoms. The number of ether oxygens (including phenoxy) is 2. The van der Waals surface area contributed by atoms with Crippen molar-refractivity contribution in [3.8, 4) is 0 Å². The third-order valence-electron chi connectivity index (χ3n) is 4.80. The van der Waals surface area contributed by atoms with E-state index >= 15 is 0 Å². The average molecular weight is 324 g/mol. The van der Waals surface area contributed by atoms with Crippen molar-refractivity contribution in [2.24, 2.45) is 17.3 Å². The van der Waals surface area contributed by atoms with Gasteiger partial charge in [0.15, 0.2) is 17.3 Å². The molecule has 0 aromatic rings. The van der Waals surface area contributed by atoms with Gasteiger partial charge >= 0.3 is 5.97 Å². The van der Waals surface area contributed by atoms with E-state index in [0.29, 0.717) is 13.0 Å². The van der Waals surface area contributed by atoms with Gasteiger partial charge in [-0.2, -0.15) is 0 Å². The summed E-state index contributed by atoms with van der Waals surface area (Å²) >= 11 is 0. The van der Waals surface area contributed by atoms with Gasteiger partial charge in [0.05, 0.1) is 13.2 Å². The van der Waals surface area contributed by atoms with Gasteiger partial charge in [-0.05, 0) is 24.7 Å². The Hall–Kier alpha value is -1.56. The lowest BCUT2D eigenvalue weighted by Crippen LogP contribution is -2.52. The van der Waals surface area contributed by atoms with Gasteiger partial charge in [-0.15, -0.1) is 0 Å². The highest BCUT2D eigenvalue weighted by molar-refractivity contribution is 6.25. The van der Waals surface area contributed by atoms with Crippen molar-refractivity contribution in [1.82, 2.24) is 0 Å². The summed E-state index contributed by atoms with van der Waals surface area (Å²) in [5.74, 6) is -4.48. The number of methoxy groups -OCH3 is 1. The first-order valence-electron chi connectivity index (χ1n) is 8.06. The zero-order valence-corrected chi connectivity index (χ0v) is 13.9. The molecule has 6 heteroatoms. The van der Waals surface area contributed by atoms with Crippen LogP contribution in [0.15, 0.2) is 0 Å². The first-order chi connectivity index (χ1) is 10.8. The Balaban J connectivity index is 2.10. The van der Waals surface area contributed by atoms with Crippen molar-refractivity contribution in [2.75, 3.05) is 13.7 Å². The zero-order valence-electron chi connectivity index (χ0n) is 13.9. The SMILES string of the molecule is COC(=O)[C@H]1C(=O)[C@@H](C(=O)CC[C@@H]2CCCO2)C(=O)CC1(C)C. The second-order valence-electron chi connectivity index (χ2n) is 7.06. The second kappa shape index (κ2) is 6.91. The number of carbonyl (C=O) groups is 4. The quantitative estimate of drug-likeness (QED) is 0.562. The molecule has 2 rings (SSSR count). The summed E-state index contributed by atoms with van der Waals surface area (Å²) in [5, 5.41) is 0. The summed E-state index contributed by atoms with van der Waals surface area (Å²) in [6.45, 7) is 4.05. The van der Waals surface area contributed by atoms with Crippen molar-refractivity contribution in [2.45, 2.75) is 52.1 Å². The summed E-state index contributed by atoms with van der Waals surface area (Å²) in [6, 6.07) is 0. The number of rotatable bonds is 5. The van der Waals surface area contributed by atoms with Gasteiger partial charge in [-0.3, -0.25) is 19.2 Å². The maximum atomic E-state index is 12.6. The van der Waals surface area contributed by atoms with Crippen LogP contribution in [0, 0.1) is 17.3 Å². The average Bonchev–Trinajstić information content (AvgIpc) is 2.96. The van der Waals surface area contributed by atoms with Crippen molar-refractivity contribution >= 4 is 23.3 Å². The maximum absolute atomic E-state index is 12.6. The molecule has 2 aliphatic rings. The Bertz CT molecular complexity index is 515. The van der Waals surface area contributed by atoms with E-state index in [1.807, 2.05) is 0 Å². The zero-order chi connectivity index (χ0) is 17.2. The van der Waals surface area contributed by atoms with Crippen LogP contribution in [0.1, 0.15) is 46.0 Å². The van der Waals surface area contributed by atoms with Crippen LogP contribution >= 0.6 is 0 Å². The van der Waals surface area contributed by atoms with Gasteiger partial charge in [0.1, 0.15) is 11.8 Å². The Labute approximate surface area is 135 Å². The lowest BCUT2D eigenvalue weighted by Gasteiger charge is -2.37. The lowest BCUT2D eigenvalue weighted by molar-refractivity contribution is -0.161. The number of Topliss-reactive ketones (excluding diaryl/α,β-unsaturated/α-hetero) is 3. The predicted octanol–water partition coefficient (Wildman–Crippen LogP) is 1.49. The van der Waals surface area contributed by atoms with E-state index in [0.717, 1.165) is 12.8 Å². The molecule has 1 saturated heterocycles. The molecule has 0 N–H and O–H groups in total. The molecule has 6 nitrogen and oxygen atoms in total. The molecule has 1 saturated carbocycles. The van der Waals surface area contributed by atoms with Crippen molar-refractivity contribution in [1.29, 1.82) is 0 Å². The molecule has 128 valence electrons. The molecule has 0 spiro atoms. The first kappa shape index (κ1) is 17.8. The standard InChI is InChI=1S/C17H24O6/c1-17(2)9-12(19)13(15(20)14(17)16(21)22-3)11(18)7-6-10-5-4-8-23-10/h10,13-14H,4-9H2,1-3H3/t10-,13-,14+/m0/s1. The molecule has 0 aromatic heterocycles. The molecule has 0 radical (unpaired) electrons. The van der Waals surface area contributed by atoms with Crippen LogP contribution in [-0.2, 0) is 28.7 Å². The van der Waals surface area contributed by atoms with Crippen LogP contribution in [-0.4, -0.2) is 43.1 Å². The van der Waals surface area contributed by atoms with Crippen LogP contribution in [0.4, 0.5) is 0 Å². The molecule has 0 aromatic carbocycles. The van der Waals surface area contributed by atoms with Gasteiger partial charge in [0.2, 0.25) is 0 Å². The van der Waals surface area contributed by atoms with Gasteiger partial charge in [0.25, 0.3) is 0 Å². The highest BCUT2D eigenvalue weighted by Crippen LogP contribution is 2.40. The number of hydrogen-bond donors (Lipinski definition) is 0. The van der Waals surface area contributed by atoms with E-state index in [4.69, 9.17) is 9.47 Å². The highest BCUT2D eigenvalue weighted by Gasteiger charge is 2.53. The Morgan fingerprint density at radius 2 is 2.00 bits per heavy atom. The van der Waals surface area contributed by atoms with Gasteiger partial charge < -0.3 is 9.47 Å². The van der Waals surface area contributed by atoms with Crippen molar-refractivity contribution in [3.05, 3.63) is 0 Å². The van der Waals surface area contributed by atoms with Gasteiger partial charge in [-0.1, -0.05) is 13.8 Å². The molecule has 3 atom stereocenters. The molecule has 1 aliphatic carbocycles. The summed E-state index contributed by atoms with van der Waals surface area (Å²) in [7, 11) is 1.20. The van der Waals surface area contributed by atoms with Crippen LogP contribution in [0.2, 0.25) is 0 Å². The Morgan fingerprint density at radius 3 is 2.57 bits per heavy atom. The Morgan fingerprint density at radius 1 is 1.30 bits per heavy atom. The highest BCUT2D eigenvalue weighted by atomic mass is 16.5. The number of hydrogen-bond acceptors (Lipinski definition) is 6. The minimum absolute atomic E-state index is 0.0227. The van der Waals surface area contributed by atoms with E-state index in [9.17, 15) is 19.2 Å². The van der Waals surface area contributed by atoms with Crippen LogP contribution in [0.3, 0.4) is 0 Å². The molecule has 0 amide bonds. The van der Waals surface area contributed by atoms with E-state index < -0.39 is 40.6 Å². The molecular formula is C17H24O6. The third-order valence-corrected chi connectivity index (χ3v) is 4.80.